The lowest BCUT2D eigenvalue weighted by Crippen LogP contribution is -2.40. The van der Waals surface area contributed by atoms with E-state index in [2.05, 4.69) is 18.8 Å². The summed E-state index contributed by atoms with van der Waals surface area (Å²) >= 11 is 1.69. The summed E-state index contributed by atoms with van der Waals surface area (Å²) in [5.41, 5.74) is 6.11. The van der Waals surface area contributed by atoms with Gasteiger partial charge in [-0.2, -0.15) is 0 Å². The Hall–Kier alpha value is -0.410. The molecule has 2 N–H and O–H groups in total. The zero-order chi connectivity index (χ0) is 9.03. The first-order chi connectivity index (χ1) is 5.70. The van der Waals surface area contributed by atoms with Gasteiger partial charge in [0.05, 0.1) is 5.01 Å². The van der Waals surface area contributed by atoms with E-state index in [1.807, 2.05) is 11.6 Å². The Morgan fingerprint density at radius 2 is 2.17 bits per heavy atom. The smallest absolute Gasteiger partial charge is 0.0943 e. The number of hydrogen-bond acceptors (Lipinski definition) is 3. The molecule has 0 spiro atoms. The van der Waals surface area contributed by atoms with Crippen molar-refractivity contribution in [2.75, 3.05) is 0 Å². The summed E-state index contributed by atoms with van der Waals surface area (Å²) in [5.74, 6) is 0. The van der Waals surface area contributed by atoms with Crippen molar-refractivity contribution in [3.8, 4) is 0 Å². The van der Waals surface area contributed by atoms with Gasteiger partial charge in [-0.25, -0.2) is 4.98 Å². The maximum atomic E-state index is 6.15. The molecule has 3 heteroatoms. The summed E-state index contributed by atoms with van der Waals surface area (Å²) in [7, 11) is 0. The Balaban J connectivity index is 2.60. The molecule has 0 fully saturated rings. The largest absolute Gasteiger partial charge is 0.325 e. The molecule has 0 unspecified atom stereocenters. The van der Waals surface area contributed by atoms with E-state index in [9.17, 15) is 0 Å². The average molecular weight is 184 g/mol. The van der Waals surface area contributed by atoms with Crippen LogP contribution in [-0.2, 0) is 6.42 Å². The fraction of sp³-hybridized carbons (Fsp3) is 0.667. The van der Waals surface area contributed by atoms with E-state index < -0.39 is 0 Å². The lowest BCUT2D eigenvalue weighted by atomic mass is 9.91. The molecule has 0 aliphatic carbocycles. The monoisotopic (exact) mass is 184 g/mol. The van der Waals surface area contributed by atoms with Crippen LogP contribution in [0.25, 0.3) is 0 Å². The summed E-state index contributed by atoms with van der Waals surface area (Å²) in [5, 5.41) is 3.15. The fourth-order valence-corrected chi connectivity index (χ4v) is 1.91. The van der Waals surface area contributed by atoms with E-state index in [0.29, 0.717) is 0 Å². The van der Waals surface area contributed by atoms with Gasteiger partial charge in [0, 0.05) is 23.5 Å². The topological polar surface area (TPSA) is 38.9 Å². The molecule has 12 heavy (non-hydrogen) atoms. The Kier molecular flexibility index (Phi) is 3.23. The molecule has 0 radical (unpaired) electrons. The number of hydrogen-bond donors (Lipinski definition) is 1. The first-order valence-corrected chi connectivity index (χ1v) is 5.25. The van der Waals surface area contributed by atoms with Gasteiger partial charge in [0.25, 0.3) is 0 Å². The van der Waals surface area contributed by atoms with Gasteiger partial charge in [-0.05, 0) is 12.8 Å². The van der Waals surface area contributed by atoms with Gasteiger partial charge in [0.1, 0.15) is 0 Å². The van der Waals surface area contributed by atoms with Crippen molar-refractivity contribution in [3.63, 3.8) is 0 Å². The van der Waals surface area contributed by atoms with Gasteiger partial charge in [0.2, 0.25) is 0 Å². The maximum Gasteiger partial charge on any atom is 0.0943 e. The van der Waals surface area contributed by atoms with E-state index in [-0.39, 0.29) is 5.54 Å². The molecular formula is C9H16N2S. The standard InChI is InChI=1S/C9H16N2S/c1-3-9(10,4-2)7-8-11-5-6-12-8/h5-6H,3-4,7,10H2,1-2H3. The second-order valence-corrected chi connectivity index (χ2v) is 4.15. The highest BCUT2D eigenvalue weighted by molar-refractivity contribution is 7.09. The maximum absolute atomic E-state index is 6.15. The zero-order valence-corrected chi connectivity index (χ0v) is 8.53. The number of aromatic nitrogens is 1. The summed E-state index contributed by atoms with van der Waals surface area (Å²) in [6.45, 7) is 4.27. The molecule has 0 saturated heterocycles. The zero-order valence-electron chi connectivity index (χ0n) is 7.71. The molecular weight excluding hydrogens is 168 g/mol. The van der Waals surface area contributed by atoms with Crippen molar-refractivity contribution in [1.29, 1.82) is 0 Å². The van der Waals surface area contributed by atoms with Crippen molar-refractivity contribution in [2.45, 2.75) is 38.6 Å². The third-order valence-corrected chi connectivity index (χ3v) is 3.17. The van der Waals surface area contributed by atoms with Crippen LogP contribution in [0.1, 0.15) is 31.7 Å². The van der Waals surface area contributed by atoms with E-state index in [0.717, 1.165) is 24.3 Å². The van der Waals surface area contributed by atoms with Gasteiger partial charge < -0.3 is 5.73 Å². The van der Waals surface area contributed by atoms with Crippen LogP contribution >= 0.6 is 11.3 Å². The minimum atomic E-state index is -0.0438. The summed E-state index contributed by atoms with van der Waals surface area (Å²) in [4.78, 5) is 4.24. The Morgan fingerprint density at radius 1 is 1.50 bits per heavy atom. The molecule has 0 aliphatic heterocycles. The van der Waals surface area contributed by atoms with Crippen molar-refractivity contribution >= 4 is 11.3 Å². The van der Waals surface area contributed by atoms with Crippen molar-refractivity contribution in [2.24, 2.45) is 5.73 Å². The third-order valence-electron chi connectivity index (χ3n) is 2.40. The van der Waals surface area contributed by atoms with Crippen LogP contribution in [0, 0.1) is 0 Å². The highest BCUT2D eigenvalue weighted by atomic mass is 32.1. The second-order valence-electron chi connectivity index (χ2n) is 3.17. The summed E-state index contributed by atoms with van der Waals surface area (Å²) < 4.78 is 0. The van der Waals surface area contributed by atoms with E-state index in [4.69, 9.17) is 5.73 Å². The SMILES string of the molecule is CCC(N)(CC)Cc1nccs1. The quantitative estimate of drug-likeness (QED) is 0.779. The predicted molar refractivity (Wildman–Crippen MR) is 53.3 cm³/mol. The number of thiazole rings is 1. The lowest BCUT2D eigenvalue weighted by Gasteiger charge is -2.25. The third kappa shape index (κ3) is 2.29. The Bertz CT molecular complexity index is 214. The second kappa shape index (κ2) is 4.01. The molecule has 1 heterocycles. The molecule has 0 aliphatic rings. The van der Waals surface area contributed by atoms with Gasteiger partial charge in [-0.3, -0.25) is 0 Å². The minimum Gasteiger partial charge on any atom is -0.325 e. The Labute approximate surface area is 77.8 Å². The van der Waals surface area contributed by atoms with Crippen LogP contribution < -0.4 is 5.73 Å². The van der Waals surface area contributed by atoms with E-state index >= 15 is 0 Å². The molecule has 0 aromatic carbocycles. The number of nitrogens with zero attached hydrogens (tertiary/aromatic N) is 1. The molecule has 0 bridgehead atoms. The van der Waals surface area contributed by atoms with Crippen molar-refractivity contribution in [1.82, 2.24) is 4.98 Å². The first kappa shape index (κ1) is 9.68. The lowest BCUT2D eigenvalue weighted by molar-refractivity contribution is 0.393. The number of rotatable bonds is 4. The first-order valence-electron chi connectivity index (χ1n) is 4.37. The summed E-state index contributed by atoms with van der Waals surface area (Å²) in [6.07, 6.45) is 4.79. The molecule has 1 aromatic rings. The van der Waals surface area contributed by atoms with Gasteiger partial charge in [0.15, 0.2) is 0 Å². The highest BCUT2D eigenvalue weighted by Crippen LogP contribution is 2.19. The summed E-state index contributed by atoms with van der Waals surface area (Å²) in [6, 6.07) is 0. The predicted octanol–water partition coefficient (Wildman–Crippen LogP) is 2.20. The average Bonchev–Trinajstić information content (AvgIpc) is 2.57. The van der Waals surface area contributed by atoms with Crippen LogP contribution in [0.3, 0.4) is 0 Å². The van der Waals surface area contributed by atoms with Crippen LogP contribution in [0.4, 0.5) is 0 Å². The molecule has 2 nitrogen and oxygen atoms in total. The molecule has 0 saturated carbocycles. The van der Waals surface area contributed by atoms with Crippen molar-refractivity contribution in [3.05, 3.63) is 16.6 Å². The van der Waals surface area contributed by atoms with E-state index in [1.165, 1.54) is 0 Å². The normalized spacial score (nSPS) is 11.9. The molecule has 1 aromatic heterocycles. The molecule has 68 valence electrons. The van der Waals surface area contributed by atoms with Gasteiger partial charge in [-0.1, -0.05) is 13.8 Å². The molecule has 0 atom stereocenters. The van der Waals surface area contributed by atoms with Crippen LogP contribution in [-0.4, -0.2) is 10.5 Å². The van der Waals surface area contributed by atoms with Crippen LogP contribution in [0.15, 0.2) is 11.6 Å². The highest BCUT2D eigenvalue weighted by Gasteiger charge is 2.21. The van der Waals surface area contributed by atoms with Crippen LogP contribution in [0.5, 0.6) is 0 Å². The van der Waals surface area contributed by atoms with Crippen molar-refractivity contribution < 1.29 is 0 Å². The Morgan fingerprint density at radius 3 is 2.58 bits per heavy atom. The van der Waals surface area contributed by atoms with Gasteiger partial charge >= 0.3 is 0 Å². The molecule has 0 amide bonds. The molecule has 1 rings (SSSR count). The number of nitrogens with two attached hydrogens (primary N) is 1. The van der Waals surface area contributed by atoms with Crippen LogP contribution in [0.2, 0.25) is 0 Å². The minimum absolute atomic E-state index is 0.0438. The van der Waals surface area contributed by atoms with E-state index in [1.54, 1.807) is 11.3 Å². The van der Waals surface area contributed by atoms with Gasteiger partial charge in [-0.15, -0.1) is 11.3 Å². The fourth-order valence-electron chi connectivity index (χ4n) is 1.14.